The van der Waals surface area contributed by atoms with E-state index in [4.69, 9.17) is 5.11 Å². The molecular formula is C17H16FNO3. The quantitative estimate of drug-likeness (QED) is 0.834. The number of carbonyl (C=O) groups is 2. The SMILES string of the molecule is CC(=O)c1ccc(C(=O)NCc2ccc(CO)c(F)c2)cc1. The van der Waals surface area contributed by atoms with Crippen LogP contribution in [-0.4, -0.2) is 16.8 Å². The molecule has 114 valence electrons. The van der Waals surface area contributed by atoms with Gasteiger partial charge in [-0.1, -0.05) is 24.3 Å². The Morgan fingerprint density at radius 1 is 1.09 bits per heavy atom. The zero-order valence-electron chi connectivity index (χ0n) is 12.1. The number of hydrogen-bond donors (Lipinski definition) is 2. The minimum Gasteiger partial charge on any atom is -0.392 e. The lowest BCUT2D eigenvalue weighted by atomic mass is 10.1. The second-order valence-electron chi connectivity index (χ2n) is 4.90. The van der Waals surface area contributed by atoms with Crippen molar-refractivity contribution in [1.82, 2.24) is 5.32 Å². The van der Waals surface area contributed by atoms with Gasteiger partial charge in [0.15, 0.2) is 5.78 Å². The minimum atomic E-state index is -0.500. The van der Waals surface area contributed by atoms with Gasteiger partial charge in [-0.2, -0.15) is 0 Å². The van der Waals surface area contributed by atoms with Crippen molar-refractivity contribution < 1.29 is 19.1 Å². The highest BCUT2D eigenvalue weighted by Crippen LogP contribution is 2.11. The predicted octanol–water partition coefficient (Wildman–Crippen LogP) is 2.45. The molecule has 2 rings (SSSR count). The number of amides is 1. The van der Waals surface area contributed by atoms with Crippen LogP contribution in [-0.2, 0) is 13.2 Å². The molecule has 2 N–H and O–H groups in total. The molecule has 0 saturated heterocycles. The first-order valence-electron chi connectivity index (χ1n) is 6.78. The van der Waals surface area contributed by atoms with E-state index in [0.717, 1.165) is 0 Å². The number of benzene rings is 2. The van der Waals surface area contributed by atoms with Crippen molar-refractivity contribution in [3.63, 3.8) is 0 Å². The zero-order chi connectivity index (χ0) is 16.1. The second kappa shape index (κ2) is 6.95. The van der Waals surface area contributed by atoms with Crippen molar-refractivity contribution in [2.45, 2.75) is 20.1 Å². The van der Waals surface area contributed by atoms with Crippen LogP contribution < -0.4 is 5.32 Å². The molecule has 0 aromatic heterocycles. The number of halogens is 1. The van der Waals surface area contributed by atoms with Crippen LogP contribution in [0.25, 0.3) is 0 Å². The van der Waals surface area contributed by atoms with E-state index in [1.165, 1.54) is 19.1 Å². The molecule has 0 fully saturated rings. The molecule has 2 aromatic carbocycles. The zero-order valence-corrected chi connectivity index (χ0v) is 12.1. The molecule has 4 nitrogen and oxygen atoms in total. The Balaban J connectivity index is 2.00. The Morgan fingerprint density at radius 3 is 2.27 bits per heavy atom. The Hall–Kier alpha value is -2.53. The smallest absolute Gasteiger partial charge is 0.251 e. The number of hydrogen-bond acceptors (Lipinski definition) is 3. The summed E-state index contributed by atoms with van der Waals surface area (Å²) >= 11 is 0. The number of aliphatic hydroxyl groups is 1. The highest BCUT2D eigenvalue weighted by molar-refractivity contribution is 5.97. The Morgan fingerprint density at radius 2 is 1.73 bits per heavy atom. The van der Waals surface area contributed by atoms with Crippen LogP contribution in [0.5, 0.6) is 0 Å². The first-order chi connectivity index (χ1) is 10.5. The van der Waals surface area contributed by atoms with Crippen molar-refractivity contribution in [2.75, 3.05) is 0 Å². The van der Waals surface area contributed by atoms with E-state index >= 15 is 0 Å². The maximum absolute atomic E-state index is 13.5. The van der Waals surface area contributed by atoms with E-state index in [2.05, 4.69) is 5.32 Å². The molecule has 2 aromatic rings. The molecule has 22 heavy (non-hydrogen) atoms. The van der Waals surface area contributed by atoms with Gasteiger partial charge in [-0.25, -0.2) is 4.39 Å². The first kappa shape index (κ1) is 15.9. The van der Waals surface area contributed by atoms with Crippen molar-refractivity contribution in [2.24, 2.45) is 0 Å². The van der Waals surface area contributed by atoms with Gasteiger partial charge in [0, 0.05) is 23.2 Å². The molecule has 0 aliphatic heterocycles. The summed E-state index contributed by atoms with van der Waals surface area (Å²) in [6.45, 7) is 1.27. The average molecular weight is 301 g/mol. The lowest BCUT2D eigenvalue weighted by Gasteiger charge is -2.07. The van der Waals surface area contributed by atoms with Crippen molar-refractivity contribution in [3.8, 4) is 0 Å². The molecule has 0 spiro atoms. The molecule has 0 heterocycles. The molecule has 0 saturated carbocycles. The Labute approximate surface area is 127 Å². The first-order valence-corrected chi connectivity index (χ1v) is 6.78. The van der Waals surface area contributed by atoms with E-state index in [-0.39, 0.29) is 30.4 Å². The van der Waals surface area contributed by atoms with Crippen LogP contribution in [0.1, 0.15) is 38.8 Å². The number of rotatable bonds is 5. The summed E-state index contributed by atoms with van der Waals surface area (Å²) in [5, 5.41) is 11.6. The Bertz CT molecular complexity index is 696. The normalized spacial score (nSPS) is 10.3. The van der Waals surface area contributed by atoms with Gasteiger partial charge in [0.1, 0.15) is 5.82 Å². The average Bonchev–Trinajstić information content (AvgIpc) is 2.52. The molecule has 0 atom stereocenters. The summed E-state index contributed by atoms with van der Waals surface area (Å²) in [5.74, 6) is -0.867. The lowest BCUT2D eigenvalue weighted by Crippen LogP contribution is -2.22. The molecule has 0 bridgehead atoms. The third-order valence-electron chi connectivity index (χ3n) is 3.29. The second-order valence-corrected chi connectivity index (χ2v) is 4.90. The minimum absolute atomic E-state index is 0.0635. The van der Waals surface area contributed by atoms with E-state index in [0.29, 0.717) is 16.7 Å². The van der Waals surface area contributed by atoms with Gasteiger partial charge >= 0.3 is 0 Å². The number of aliphatic hydroxyl groups excluding tert-OH is 1. The number of nitrogens with one attached hydrogen (secondary N) is 1. The number of ketones is 1. The molecule has 0 unspecified atom stereocenters. The summed E-state index contributed by atoms with van der Waals surface area (Å²) in [6, 6.07) is 10.7. The lowest BCUT2D eigenvalue weighted by molar-refractivity contribution is 0.0948. The molecular weight excluding hydrogens is 285 g/mol. The van der Waals surface area contributed by atoms with Crippen LogP contribution in [0.15, 0.2) is 42.5 Å². The molecule has 0 radical (unpaired) electrons. The van der Waals surface area contributed by atoms with E-state index < -0.39 is 5.82 Å². The fraction of sp³-hybridized carbons (Fsp3) is 0.176. The highest BCUT2D eigenvalue weighted by atomic mass is 19.1. The van der Waals surface area contributed by atoms with E-state index in [1.807, 2.05) is 0 Å². The summed E-state index contributed by atoms with van der Waals surface area (Å²) in [4.78, 5) is 23.1. The summed E-state index contributed by atoms with van der Waals surface area (Å²) in [6.07, 6.45) is 0. The standard InChI is InChI=1S/C17H16FNO3/c1-11(21)13-4-6-14(7-5-13)17(22)19-9-12-2-3-15(10-20)16(18)8-12/h2-8,20H,9-10H2,1H3,(H,19,22). The molecule has 1 amide bonds. The predicted molar refractivity (Wildman–Crippen MR) is 79.9 cm³/mol. The van der Waals surface area contributed by atoms with Crippen LogP contribution in [0.3, 0.4) is 0 Å². The highest BCUT2D eigenvalue weighted by Gasteiger charge is 2.08. The fourth-order valence-electron chi connectivity index (χ4n) is 1.97. The summed E-state index contributed by atoms with van der Waals surface area (Å²) in [5.41, 5.74) is 1.79. The van der Waals surface area contributed by atoms with Gasteiger partial charge in [-0.05, 0) is 30.7 Å². The van der Waals surface area contributed by atoms with Crippen LogP contribution >= 0.6 is 0 Å². The van der Waals surface area contributed by atoms with Gasteiger partial charge in [0.05, 0.1) is 6.61 Å². The maximum atomic E-state index is 13.5. The topological polar surface area (TPSA) is 66.4 Å². The van der Waals surface area contributed by atoms with Gasteiger partial charge in [0.2, 0.25) is 0 Å². The van der Waals surface area contributed by atoms with Gasteiger partial charge in [-0.3, -0.25) is 9.59 Å². The maximum Gasteiger partial charge on any atom is 0.251 e. The molecule has 0 aliphatic rings. The van der Waals surface area contributed by atoms with Crippen molar-refractivity contribution >= 4 is 11.7 Å². The number of Topliss-reactive ketones (excluding diaryl/α,β-unsaturated/α-hetero) is 1. The van der Waals surface area contributed by atoms with Crippen molar-refractivity contribution in [1.29, 1.82) is 0 Å². The largest absolute Gasteiger partial charge is 0.392 e. The van der Waals surface area contributed by atoms with E-state index in [9.17, 15) is 14.0 Å². The third-order valence-corrected chi connectivity index (χ3v) is 3.29. The molecule has 5 heteroatoms. The van der Waals surface area contributed by atoms with E-state index in [1.54, 1.807) is 30.3 Å². The fourth-order valence-corrected chi connectivity index (χ4v) is 1.97. The molecule has 0 aliphatic carbocycles. The summed E-state index contributed by atoms with van der Waals surface area (Å²) in [7, 11) is 0. The summed E-state index contributed by atoms with van der Waals surface area (Å²) < 4.78 is 13.5. The van der Waals surface area contributed by atoms with Gasteiger partial charge in [-0.15, -0.1) is 0 Å². The van der Waals surface area contributed by atoms with Gasteiger partial charge in [0.25, 0.3) is 5.91 Å². The van der Waals surface area contributed by atoms with Crippen LogP contribution in [0, 0.1) is 5.82 Å². The number of carbonyl (C=O) groups excluding carboxylic acids is 2. The van der Waals surface area contributed by atoms with Crippen LogP contribution in [0.2, 0.25) is 0 Å². The van der Waals surface area contributed by atoms with Crippen LogP contribution in [0.4, 0.5) is 4.39 Å². The Kier molecular flexibility index (Phi) is 5.01. The van der Waals surface area contributed by atoms with Crippen molar-refractivity contribution in [3.05, 3.63) is 70.5 Å². The monoisotopic (exact) mass is 301 g/mol. The van der Waals surface area contributed by atoms with Gasteiger partial charge < -0.3 is 10.4 Å². The third kappa shape index (κ3) is 3.77.